The summed E-state index contributed by atoms with van der Waals surface area (Å²) in [6.07, 6.45) is 0. The Morgan fingerprint density at radius 2 is 1.80 bits per heavy atom. The van der Waals surface area contributed by atoms with E-state index in [0.717, 1.165) is 10.1 Å². The maximum Gasteiger partial charge on any atom is 0.348 e. The van der Waals surface area contributed by atoms with Crippen LogP contribution >= 0.6 is 11.3 Å². The Hall–Kier alpha value is -3.17. The molecule has 0 radical (unpaired) electrons. The summed E-state index contributed by atoms with van der Waals surface area (Å²) in [5, 5.41) is 9.89. The summed E-state index contributed by atoms with van der Waals surface area (Å²) in [6.45, 7) is -0.521. The standard InChI is InChI=1S/C19H14N2O3S/c20-10-11-21(15-7-2-1-3-8-15)18(22)13-24-19(23)17-12-14-6-4-5-9-16(14)25-17/h1-9,12H,11,13H2. The van der Waals surface area contributed by atoms with Gasteiger partial charge in [-0.05, 0) is 29.7 Å². The van der Waals surface area contributed by atoms with Crippen LogP contribution in [0.25, 0.3) is 10.1 Å². The maximum atomic E-state index is 12.3. The Morgan fingerprint density at radius 1 is 1.08 bits per heavy atom. The van der Waals surface area contributed by atoms with Gasteiger partial charge in [0.2, 0.25) is 0 Å². The van der Waals surface area contributed by atoms with Crippen molar-refractivity contribution in [1.29, 1.82) is 5.26 Å². The van der Waals surface area contributed by atoms with Crippen LogP contribution in [0.5, 0.6) is 0 Å². The number of ether oxygens (including phenoxy) is 1. The zero-order chi connectivity index (χ0) is 17.6. The summed E-state index contributed by atoms with van der Waals surface area (Å²) < 4.78 is 6.12. The van der Waals surface area contributed by atoms with Crippen molar-refractivity contribution in [3.8, 4) is 6.07 Å². The fourth-order valence-corrected chi connectivity index (χ4v) is 3.32. The van der Waals surface area contributed by atoms with E-state index in [2.05, 4.69) is 0 Å². The Labute approximate surface area is 148 Å². The van der Waals surface area contributed by atoms with Gasteiger partial charge in [-0.3, -0.25) is 9.69 Å². The summed E-state index contributed by atoms with van der Waals surface area (Å²) in [5.41, 5.74) is 0.590. The second-order valence-corrected chi connectivity index (χ2v) is 6.28. The van der Waals surface area contributed by atoms with E-state index in [1.807, 2.05) is 36.4 Å². The van der Waals surface area contributed by atoms with E-state index in [9.17, 15) is 9.59 Å². The molecule has 0 spiro atoms. The number of esters is 1. The van der Waals surface area contributed by atoms with Crippen LogP contribution in [0.2, 0.25) is 0 Å². The molecular formula is C19H14N2O3S. The minimum atomic E-state index is -0.542. The van der Waals surface area contributed by atoms with Crippen LogP contribution in [0.4, 0.5) is 5.69 Å². The highest BCUT2D eigenvalue weighted by Crippen LogP contribution is 2.25. The zero-order valence-corrected chi connectivity index (χ0v) is 14.0. The van der Waals surface area contributed by atoms with Gasteiger partial charge >= 0.3 is 5.97 Å². The second-order valence-electron chi connectivity index (χ2n) is 5.20. The highest BCUT2D eigenvalue weighted by atomic mass is 32.1. The molecule has 0 N–H and O–H groups in total. The van der Waals surface area contributed by atoms with Gasteiger partial charge in [-0.1, -0.05) is 36.4 Å². The van der Waals surface area contributed by atoms with E-state index in [4.69, 9.17) is 10.00 Å². The van der Waals surface area contributed by atoms with Crippen LogP contribution in [-0.4, -0.2) is 25.0 Å². The third-order valence-electron chi connectivity index (χ3n) is 3.55. The molecule has 0 aliphatic rings. The van der Waals surface area contributed by atoms with Gasteiger partial charge in [0, 0.05) is 10.4 Å². The average Bonchev–Trinajstić information content (AvgIpc) is 3.09. The maximum absolute atomic E-state index is 12.3. The predicted molar refractivity (Wildman–Crippen MR) is 96.5 cm³/mol. The number of carbonyl (C=O) groups is 2. The largest absolute Gasteiger partial charge is 0.451 e. The lowest BCUT2D eigenvalue weighted by Crippen LogP contribution is -2.35. The molecule has 0 saturated carbocycles. The van der Waals surface area contributed by atoms with E-state index in [1.165, 1.54) is 16.2 Å². The number of para-hydroxylation sites is 1. The van der Waals surface area contributed by atoms with Crippen molar-refractivity contribution < 1.29 is 14.3 Å². The van der Waals surface area contributed by atoms with Gasteiger partial charge in [-0.15, -0.1) is 11.3 Å². The number of hydrogen-bond acceptors (Lipinski definition) is 5. The van der Waals surface area contributed by atoms with Crippen molar-refractivity contribution in [2.45, 2.75) is 0 Å². The number of hydrogen-bond donors (Lipinski definition) is 0. The molecule has 25 heavy (non-hydrogen) atoms. The van der Waals surface area contributed by atoms with Crippen molar-refractivity contribution in [2.75, 3.05) is 18.1 Å². The fraction of sp³-hybridized carbons (Fsp3) is 0.105. The number of carbonyl (C=O) groups excluding carboxylic acids is 2. The normalized spacial score (nSPS) is 10.2. The number of benzene rings is 2. The number of fused-ring (bicyclic) bond motifs is 1. The topological polar surface area (TPSA) is 70.4 Å². The van der Waals surface area contributed by atoms with Crippen LogP contribution in [0.3, 0.4) is 0 Å². The third kappa shape index (κ3) is 3.84. The number of nitrogens with zero attached hydrogens (tertiary/aromatic N) is 2. The van der Waals surface area contributed by atoms with Gasteiger partial charge in [0.05, 0.1) is 6.07 Å². The first-order valence-electron chi connectivity index (χ1n) is 7.57. The van der Waals surface area contributed by atoms with Gasteiger partial charge in [0.15, 0.2) is 6.61 Å². The minimum Gasteiger partial charge on any atom is -0.451 e. The van der Waals surface area contributed by atoms with Crippen LogP contribution in [0.15, 0.2) is 60.7 Å². The molecule has 0 atom stereocenters. The molecule has 0 fully saturated rings. The van der Waals surface area contributed by atoms with Crippen molar-refractivity contribution in [2.24, 2.45) is 0 Å². The van der Waals surface area contributed by atoms with Crippen LogP contribution in [-0.2, 0) is 9.53 Å². The smallest absolute Gasteiger partial charge is 0.348 e. The molecule has 6 heteroatoms. The summed E-state index contributed by atoms with van der Waals surface area (Å²) in [7, 11) is 0. The molecule has 0 saturated heterocycles. The quantitative estimate of drug-likeness (QED) is 0.520. The van der Waals surface area contributed by atoms with Crippen molar-refractivity contribution >= 4 is 39.0 Å². The van der Waals surface area contributed by atoms with E-state index in [0.29, 0.717) is 10.6 Å². The van der Waals surface area contributed by atoms with Gasteiger partial charge in [-0.25, -0.2) is 4.79 Å². The predicted octanol–water partition coefficient (Wildman–Crippen LogP) is 3.61. The summed E-state index contributed by atoms with van der Waals surface area (Å²) in [6, 6.07) is 20.1. The van der Waals surface area contributed by atoms with E-state index in [1.54, 1.807) is 30.3 Å². The lowest BCUT2D eigenvalue weighted by atomic mass is 10.2. The number of rotatable bonds is 5. The summed E-state index contributed by atoms with van der Waals surface area (Å²) in [5.74, 6) is -0.985. The van der Waals surface area contributed by atoms with Gasteiger partial charge in [0.1, 0.15) is 11.4 Å². The van der Waals surface area contributed by atoms with Gasteiger partial charge in [-0.2, -0.15) is 5.26 Å². The number of nitriles is 1. The first kappa shape index (κ1) is 16.7. The van der Waals surface area contributed by atoms with Gasteiger partial charge in [0.25, 0.3) is 5.91 Å². The fourth-order valence-electron chi connectivity index (χ4n) is 2.36. The highest BCUT2D eigenvalue weighted by molar-refractivity contribution is 7.20. The molecule has 5 nitrogen and oxygen atoms in total. The zero-order valence-electron chi connectivity index (χ0n) is 13.2. The van der Waals surface area contributed by atoms with E-state index < -0.39 is 18.5 Å². The van der Waals surface area contributed by atoms with Crippen LogP contribution in [0, 0.1) is 11.3 Å². The molecule has 0 bridgehead atoms. The van der Waals surface area contributed by atoms with E-state index >= 15 is 0 Å². The molecule has 0 aliphatic carbocycles. The Kier molecular flexibility index (Phi) is 5.07. The van der Waals surface area contributed by atoms with Crippen molar-refractivity contribution in [3.05, 3.63) is 65.5 Å². The second kappa shape index (κ2) is 7.60. The molecule has 1 heterocycles. The highest BCUT2D eigenvalue weighted by Gasteiger charge is 2.19. The third-order valence-corrected chi connectivity index (χ3v) is 4.65. The van der Waals surface area contributed by atoms with E-state index in [-0.39, 0.29) is 6.54 Å². The monoisotopic (exact) mass is 350 g/mol. The SMILES string of the molecule is N#CCN(C(=O)COC(=O)c1cc2ccccc2s1)c1ccccc1. The lowest BCUT2D eigenvalue weighted by Gasteiger charge is -2.19. The number of amides is 1. The van der Waals surface area contributed by atoms with Crippen molar-refractivity contribution in [3.63, 3.8) is 0 Å². The summed E-state index contributed by atoms with van der Waals surface area (Å²) in [4.78, 5) is 26.3. The molecule has 0 aliphatic heterocycles. The Balaban J connectivity index is 1.68. The van der Waals surface area contributed by atoms with Gasteiger partial charge < -0.3 is 4.74 Å². The average molecular weight is 350 g/mol. The molecule has 1 amide bonds. The minimum absolute atomic E-state index is 0.108. The Morgan fingerprint density at radius 3 is 2.52 bits per heavy atom. The molecule has 3 aromatic rings. The number of anilines is 1. The lowest BCUT2D eigenvalue weighted by molar-refractivity contribution is -0.121. The molecule has 1 aromatic heterocycles. The summed E-state index contributed by atoms with van der Waals surface area (Å²) >= 11 is 1.32. The van der Waals surface area contributed by atoms with Crippen molar-refractivity contribution in [1.82, 2.24) is 0 Å². The molecule has 0 unspecified atom stereocenters. The molecule has 2 aromatic carbocycles. The first-order valence-corrected chi connectivity index (χ1v) is 8.39. The molecule has 124 valence electrons. The Bertz CT molecular complexity index is 911. The molecular weight excluding hydrogens is 336 g/mol. The van der Waals surface area contributed by atoms with Crippen LogP contribution in [0.1, 0.15) is 9.67 Å². The number of thiophene rings is 1. The van der Waals surface area contributed by atoms with Crippen LogP contribution < -0.4 is 4.90 Å². The first-order chi connectivity index (χ1) is 12.2. The molecule has 3 rings (SSSR count).